The Morgan fingerprint density at radius 3 is 2.87 bits per heavy atom. The predicted molar refractivity (Wildman–Crippen MR) is 114 cm³/mol. The highest BCUT2D eigenvalue weighted by atomic mass is 16.5. The minimum atomic E-state index is 0.114. The predicted octanol–water partition coefficient (Wildman–Crippen LogP) is 2.62. The van der Waals surface area contributed by atoms with Crippen LogP contribution in [0.15, 0.2) is 47.2 Å². The van der Waals surface area contributed by atoms with Gasteiger partial charge in [0.2, 0.25) is 5.76 Å². The lowest BCUT2D eigenvalue weighted by Crippen LogP contribution is -2.30. The third-order valence-electron chi connectivity index (χ3n) is 4.55. The van der Waals surface area contributed by atoms with Crippen LogP contribution < -0.4 is 10.1 Å². The molecule has 0 saturated heterocycles. The van der Waals surface area contributed by atoms with E-state index in [1.165, 1.54) is 0 Å². The summed E-state index contributed by atoms with van der Waals surface area (Å²) < 4.78 is 13.1. The molecule has 2 N–H and O–H groups in total. The van der Waals surface area contributed by atoms with Crippen LogP contribution >= 0.6 is 0 Å². The summed E-state index contributed by atoms with van der Waals surface area (Å²) in [5.41, 5.74) is 1.69. The van der Waals surface area contributed by atoms with Crippen molar-refractivity contribution in [2.24, 2.45) is 0 Å². The zero-order chi connectivity index (χ0) is 21.2. The fraction of sp³-hybridized carbons (Fsp3) is 0.391. The molecule has 3 aromatic rings. The van der Waals surface area contributed by atoms with Crippen LogP contribution in [0.2, 0.25) is 0 Å². The van der Waals surface area contributed by atoms with Crippen molar-refractivity contribution in [3.8, 4) is 17.6 Å². The monoisotopic (exact) mass is 408 g/mol. The van der Waals surface area contributed by atoms with Crippen LogP contribution in [0.3, 0.4) is 0 Å². The highest BCUT2D eigenvalue weighted by molar-refractivity contribution is 5.41. The minimum absolute atomic E-state index is 0.114. The van der Waals surface area contributed by atoms with Crippen LogP contribution in [0, 0.1) is 11.8 Å². The van der Waals surface area contributed by atoms with Gasteiger partial charge >= 0.3 is 0 Å². The van der Waals surface area contributed by atoms with E-state index in [1.807, 2.05) is 43.5 Å². The zero-order valence-corrected chi connectivity index (χ0v) is 17.5. The first-order valence-electron chi connectivity index (χ1n) is 10.2. The summed E-state index contributed by atoms with van der Waals surface area (Å²) in [4.78, 5) is 4.31. The third kappa shape index (κ3) is 6.48. The topological polar surface area (TPSA) is 85.3 Å². The molecule has 0 aliphatic carbocycles. The Hall–Kier alpha value is -3.08. The molecular weight excluding hydrogens is 380 g/mol. The van der Waals surface area contributed by atoms with Gasteiger partial charge in [-0.05, 0) is 50.1 Å². The molecule has 2 heterocycles. The van der Waals surface area contributed by atoms with Gasteiger partial charge in [0.1, 0.15) is 17.3 Å². The fourth-order valence-electron chi connectivity index (χ4n) is 2.86. The van der Waals surface area contributed by atoms with Gasteiger partial charge in [-0.2, -0.15) is 0 Å². The van der Waals surface area contributed by atoms with Gasteiger partial charge in [-0.15, -0.1) is 0 Å². The molecule has 1 unspecified atom stereocenters. The molecule has 0 aliphatic heterocycles. The van der Waals surface area contributed by atoms with Gasteiger partial charge in [0, 0.05) is 36.5 Å². The minimum Gasteiger partial charge on any atom is -0.494 e. The number of aliphatic hydroxyl groups is 1. The van der Waals surface area contributed by atoms with E-state index in [9.17, 15) is 0 Å². The molecule has 0 aliphatic rings. The average molecular weight is 409 g/mol. The van der Waals surface area contributed by atoms with Crippen LogP contribution in [0.4, 0.5) is 0 Å². The Morgan fingerprint density at radius 2 is 2.10 bits per heavy atom. The fourth-order valence-corrected chi connectivity index (χ4v) is 2.86. The molecule has 1 aromatic carbocycles. The molecule has 7 heteroatoms. The molecule has 1 atom stereocenters. The van der Waals surface area contributed by atoms with Crippen molar-refractivity contribution in [2.75, 3.05) is 19.8 Å². The number of imidazole rings is 1. The molecule has 0 fully saturated rings. The van der Waals surface area contributed by atoms with E-state index in [-0.39, 0.29) is 12.6 Å². The number of aryl methyl sites for hydroxylation is 1. The molecule has 0 bridgehead atoms. The maximum Gasteiger partial charge on any atom is 0.210 e. The van der Waals surface area contributed by atoms with Crippen molar-refractivity contribution < 1.29 is 14.4 Å². The summed E-state index contributed by atoms with van der Waals surface area (Å²) in [6.45, 7) is 6.21. The smallest absolute Gasteiger partial charge is 0.210 e. The van der Waals surface area contributed by atoms with Crippen LogP contribution in [0.1, 0.15) is 43.1 Å². The molecule has 30 heavy (non-hydrogen) atoms. The lowest BCUT2D eigenvalue weighted by Gasteiger charge is -2.10. The van der Waals surface area contributed by atoms with E-state index in [0.29, 0.717) is 18.9 Å². The number of nitrogens with zero attached hydrogens (tertiary/aromatic N) is 3. The van der Waals surface area contributed by atoms with E-state index in [2.05, 4.69) is 38.8 Å². The van der Waals surface area contributed by atoms with Gasteiger partial charge in [-0.3, -0.25) is 0 Å². The number of hydrogen-bond acceptors (Lipinski definition) is 6. The first kappa shape index (κ1) is 21.6. The number of aromatic nitrogens is 3. The van der Waals surface area contributed by atoms with Gasteiger partial charge < -0.3 is 24.3 Å². The first-order chi connectivity index (χ1) is 14.7. The molecule has 0 amide bonds. The maximum absolute atomic E-state index is 8.97. The number of aliphatic hydroxyl groups excluding tert-OH is 1. The SMILES string of the molecule is CCc1nccn1Cc1cc(C#Cc2ccc(OCCCNC(C)CO)cc2)on1. The Kier molecular flexibility index (Phi) is 8.07. The van der Waals surface area contributed by atoms with Crippen LogP contribution in [0.5, 0.6) is 5.75 Å². The van der Waals surface area contributed by atoms with E-state index in [4.69, 9.17) is 14.4 Å². The summed E-state index contributed by atoms with van der Waals surface area (Å²) in [6.07, 6.45) is 5.48. The second kappa shape index (κ2) is 11.2. The number of ether oxygens (including phenoxy) is 1. The molecule has 0 radical (unpaired) electrons. The highest BCUT2D eigenvalue weighted by Crippen LogP contribution is 2.12. The Bertz CT molecular complexity index is 966. The summed E-state index contributed by atoms with van der Waals surface area (Å²) in [5, 5.41) is 16.3. The second-order valence-electron chi connectivity index (χ2n) is 7.02. The summed E-state index contributed by atoms with van der Waals surface area (Å²) >= 11 is 0. The lowest BCUT2D eigenvalue weighted by atomic mass is 10.2. The van der Waals surface area contributed by atoms with E-state index in [0.717, 1.165) is 42.2 Å². The number of nitrogens with one attached hydrogen (secondary N) is 1. The van der Waals surface area contributed by atoms with Crippen molar-refractivity contribution in [3.63, 3.8) is 0 Å². The molecule has 3 rings (SSSR count). The van der Waals surface area contributed by atoms with Gasteiger partial charge in [-0.25, -0.2) is 4.98 Å². The second-order valence-corrected chi connectivity index (χ2v) is 7.02. The quantitative estimate of drug-likeness (QED) is 0.396. The first-order valence-corrected chi connectivity index (χ1v) is 10.2. The Morgan fingerprint density at radius 1 is 1.27 bits per heavy atom. The molecule has 7 nitrogen and oxygen atoms in total. The summed E-state index contributed by atoms with van der Waals surface area (Å²) in [6, 6.07) is 9.63. The Balaban J connectivity index is 1.48. The number of rotatable bonds is 10. The van der Waals surface area contributed by atoms with Gasteiger partial charge in [0.05, 0.1) is 19.8 Å². The summed E-state index contributed by atoms with van der Waals surface area (Å²) in [7, 11) is 0. The van der Waals surface area contributed by atoms with Crippen molar-refractivity contribution in [1.82, 2.24) is 20.0 Å². The van der Waals surface area contributed by atoms with Gasteiger partial charge in [0.25, 0.3) is 0 Å². The largest absolute Gasteiger partial charge is 0.494 e. The molecule has 0 spiro atoms. The van der Waals surface area contributed by atoms with Crippen LogP contribution in [-0.4, -0.2) is 45.6 Å². The normalized spacial score (nSPS) is 11.7. The van der Waals surface area contributed by atoms with Crippen LogP contribution in [-0.2, 0) is 13.0 Å². The van der Waals surface area contributed by atoms with Gasteiger partial charge in [-0.1, -0.05) is 18.0 Å². The summed E-state index contributed by atoms with van der Waals surface area (Å²) in [5.74, 6) is 8.46. The molecule has 0 saturated carbocycles. The van der Waals surface area contributed by atoms with Crippen molar-refractivity contribution in [2.45, 2.75) is 39.3 Å². The van der Waals surface area contributed by atoms with E-state index >= 15 is 0 Å². The molecule has 2 aromatic heterocycles. The van der Waals surface area contributed by atoms with Crippen molar-refractivity contribution in [1.29, 1.82) is 0 Å². The van der Waals surface area contributed by atoms with Crippen molar-refractivity contribution in [3.05, 3.63) is 65.6 Å². The van der Waals surface area contributed by atoms with Crippen molar-refractivity contribution >= 4 is 0 Å². The standard InChI is InChI=1S/C23H28N4O3/c1-3-23-25-12-13-27(23)16-20-15-22(30-26-20)10-7-19-5-8-21(9-6-19)29-14-4-11-24-18(2)17-28/h5-6,8-9,12-13,15,18,24,28H,3-4,11,14,16-17H2,1-2H3. The van der Waals surface area contributed by atoms with E-state index in [1.54, 1.807) is 6.20 Å². The number of hydrogen-bond donors (Lipinski definition) is 2. The Labute approximate surface area is 177 Å². The van der Waals surface area contributed by atoms with Gasteiger partial charge in [0.15, 0.2) is 0 Å². The average Bonchev–Trinajstić information content (AvgIpc) is 3.42. The third-order valence-corrected chi connectivity index (χ3v) is 4.55. The zero-order valence-electron chi connectivity index (χ0n) is 17.5. The molecular formula is C23H28N4O3. The number of benzene rings is 1. The van der Waals surface area contributed by atoms with E-state index < -0.39 is 0 Å². The molecule has 158 valence electrons. The maximum atomic E-state index is 8.97. The lowest BCUT2D eigenvalue weighted by molar-refractivity contribution is 0.245. The highest BCUT2D eigenvalue weighted by Gasteiger charge is 2.06. The van der Waals surface area contributed by atoms with Crippen LogP contribution in [0.25, 0.3) is 0 Å².